The van der Waals surface area contributed by atoms with Gasteiger partial charge in [-0.25, -0.2) is 4.98 Å². The summed E-state index contributed by atoms with van der Waals surface area (Å²) in [6, 6.07) is 1.98. The Morgan fingerprint density at radius 3 is 3.29 bits per heavy atom. The molecule has 0 aliphatic carbocycles. The number of aromatic amines is 1. The molecule has 82 valence electrons. The Hall–Kier alpha value is -1.86. The Labute approximate surface area is 104 Å². The summed E-state index contributed by atoms with van der Waals surface area (Å²) in [6.45, 7) is 0. The SMILES string of the molecule is S=c1[nH]nc2c3c(ncn12)sc1cnccc13. The molecule has 0 aromatic carbocycles. The molecule has 5 nitrogen and oxygen atoms in total. The number of nitrogens with zero attached hydrogens (tertiary/aromatic N) is 4. The summed E-state index contributed by atoms with van der Waals surface area (Å²) in [7, 11) is 0. The zero-order valence-corrected chi connectivity index (χ0v) is 10.0. The van der Waals surface area contributed by atoms with Crippen molar-refractivity contribution < 1.29 is 0 Å². The van der Waals surface area contributed by atoms with Crippen molar-refractivity contribution in [3.8, 4) is 0 Å². The van der Waals surface area contributed by atoms with Crippen molar-refractivity contribution in [1.29, 1.82) is 0 Å². The Morgan fingerprint density at radius 1 is 1.41 bits per heavy atom. The number of fused-ring (bicyclic) bond motifs is 5. The van der Waals surface area contributed by atoms with E-state index in [4.69, 9.17) is 12.2 Å². The molecular weight excluding hydrogens is 254 g/mol. The molecule has 0 saturated heterocycles. The predicted octanol–water partition coefficient (Wildman–Crippen LogP) is 2.55. The lowest BCUT2D eigenvalue weighted by molar-refractivity contribution is 1.06. The average molecular weight is 259 g/mol. The first-order valence-electron chi connectivity index (χ1n) is 4.92. The summed E-state index contributed by atoms with van der Waals surface area (Å²) in [6.07, 6.45) is 5.32. The van der Waals surface area contributed by atoms with Crippen molar-refractivity contribution >= 4 is 49.5 Å². The number of hydrogen-bond donors (Lipinski definition) is 1. The van der Waals surface area contributed by atoms with Gasteiger partial charge in [0.25, 0.3) is 0 Å². The van der Waals surface area contributed by atoms with Gasteiger partial charge in [0.2, 0.25) is 4.77 Å². The number of nitrogens with one attached hydrogen (secondary N) is 1. The second kappa shape index (κ2) is 3.08. The van der Waals surface area contributed by atoms with E-state index in [-0.39, 0.29) is 0 Å². The molecule has 1 N–H and O–H groups in total. The maximum Gasteiger partial charge on any atom is 0.200 e. The van der Waals surface area contributed by atoms with E-state index in [0.717, 1.165) is 25.9 Å². The largest absolute Gasteiger partial charge is 0.263 e. The molecule has 0 aliphatic rings. The van der Waals surface area contributed by atoms with Crippen molar-refractivity contribution in [3.63, 3.8) is 0 Å². The van der Waals surface area contributed by atoms with Crippen LogP contribution in [0.2, 0.25) is 0 Å². The second-order valence-corrected chi connectivity index (χ2v) is 5.04. The van der Waals surface area contributed by atoms with Crippen LogP contribution in [-0.2, 0) is 0 Å². The highest BCUT2D eigenvalue weighted by Crippen LogP contribution is 2.33. The fourth-order valence-corrected chi connectivity index (χ4v) is 3.13. The normalized spacial score (nSPS) is 11.8. The van der Waals surface area contributed by atoms with Gasteiger partial charge in [0.15, 0.2) is 5.65 Å². The number of hydrogen-bond acceptors (Lipinski definition) is 5. The zero-order valence-electron chi connectivity index (χ0n) is 8.41. The highest BCUT2D eigenvalue weighted by molar-refractivity contribution is 7.71. The van der Waals surface area contributed by atoms with Crippen LogP contribution in [0.15, 0.2) is 24.8 Å². The van der Waals surface area contributed by atoms with Gasteiger partial charge < -0.3 is 0 Å². The van der Waals surface area contributed by atoms with E-state index in [0.29, 0.717) is 4.77 Å². The van der Waals surface area contributed by atoms with Crippen LogP contribution < -0.4 is 0 Å². The van der Waals surface area contributed by atoms with Gasteiger partial charge in [-0.05, 0) is 18.3 Å². The van der Waals surface area contributed by atoms with Crippen molar-refractivity contribution in [2.24, 2.45) is 0 Å². The maximum atomic E-state index is 5.14. The van der Waals surface area contributed by atoms with Gasteiger partial charge in [0.1, 0.15) is 11.2 Å². The topological polar surface area (TPSA) is 58.9 Å². The van der Waals surface area contributed by atoms with Gasteiger partial charge in [-0.1, -0.05) is 0 Å². The monoisotopic (exact) mass is 259 g/mol. The summed E-state index contributed by atoms with van der Waals surface area (Å²) < 4.78 is 3.45. The molecule has 4 heterocycles. The fourth-order valence-electron chi connectivity index (χ4n) is 1.94. The molecule has 0 radical (unpaired) electrons. The van der Waals surface area contributed by atoms with Crippen LogP contribution in [0, 0.1) is 4.77 Å². The zero-order chi connectivity index (χ0) is 11.4. The lowest BCUT2D eigenvalue weighted by atomic mass is 10.2. The Kier molecular flexibility index (Phi) is 1.67. The van der Waals surface area contributed by atoms with Crippen molar-refractivity contribution in [2.45, 2.75) is 0 Å². The van der Waals surface area contributed by atoms with E-state index in [2.05, 4.69) is 20.2 Å². The average Bonchev–Trinajstić information content (AvgIpc) is 2.90. The smallest absolute Gasteiger partial charge is 0.200 e. The number of H-pyrrole nitrogens is 1. The van der Waals surface area contributed by atoms with E-state index in [1.54, 1.807) is 28.3 Å². The summed E-state index contributed by atoms with van der Waals surface area (Å²) >= 11 is 6.75. The predicted molar refractivity (Wildman–Crippen MR) is 68.9 cm³/mol. The Bertz CT molecular complexity index is 917. The first kappa shape index (κ1) is 9.20. The molecule has 7 heteroatoms. The van der Waals surface area contributed by atoms with E-state index in [1.165, 1.54) is 0 Å². The minimum atomic E-state index is 0.558. The molecular formula is C10H5N5S2. The minimum Gasteiger partial charge on any atom is -0.263 e. The molecule has 0 fully saturated rings. The van der Waals surface area contributed by atoms with Crippen molar-refractivity contribution in [1.82, 2.24) is 24.6 Å². The number of pyridine rings is 1. The van der Waals surface area contributed by atoms with E-state index >= 15 is 0 Å². The molecule has 0 unspecified atom stereocenters. The summed E-state index contributed by atoms with van der Waals surface area (Å²) in [5.41, 5.74) is 0.817. The van der Waals surface area contributed by atoms with Gasteiger partial charge in [0.05, 0.1) is 10.1 Å². The van der Waals surface area contributed by atoms with Crippen LogP contribution in [0.5, 0.6) is 0 Å². The van der Waals surface area contributed by atoms with Crippen LogP contribution in [-0.4, -0.2) is 24.6 Å². The third kappa shape index (κ3) is 1.12. The van der Waals surface area contributed by atoms with E-state index in [1.807, 2.05) is 12.3 Å². The third-order valence-corrected chi connectivity index (χ3v) is 4.03. The highest BCUT2D eigenvalue weighted by atomic mass is 32.1. The summed E-state index contributed by atoms with van der Waals surface area (Å²) in [5, 5.41) is 9.20. The number of rotatable bonds is 0. The third-order valence-electron chi connectivity index (χ3n) is 2.69. The molecule has 0 spiro atoms. The molecule has 0 amide bonds. The van der Waals surface area contributed by atoms with E-state index < -0.39 is 0 Å². The maximum absolute atomic E-state index is 5.14. The first-order chi connectivity index (χ1) is 8.34. The fraction of sp³-hybridized carbons (Fsp3) is 0. The molecule has 0 saturated carbocycles. The molecule has 0 atom stereocenters. The Balaban J connectivity index is 2.42. The van der Waals surface area contributed by atoms with Gasteiger partial charge in [-0.15, -0.1) is 11.3 Å². The van der Waals surface area contributed by atoms with Crippen molar-refractivity contribution in [2.75, 3.05) is 0 Å². The lowest BCUT2D eigenvalue weighted by Gasteiger charge is -1.93. The van der Waals surface area contributed by atoms with Crippen LogP contribution in [0.4, 0.5) is 0 Å². The van der Waals surface area contributed by atoms with Crippen LogP contribution in [0.3, 0.4) is 0 Å². The van der Waals surface area contributed by atoms with Crippen molar-refractivity contribution in [3.05, 3.63) is 29.6 Å². The highest BCUT2D eigenvalue weighted by Gasteiger charge is 2.11. The molecule has 4 aromatic rings. The number of aromatic nitrogens is 5. The van der Waals surface area contributed by atoms with Gasteiger partial charge in [-0.2, -0.15) is 5.10 Å². The van der Waals surface area contributed by atoms with Gasteiger partial charge in [0, 0.05) is 17.8 Å². The molecule has 17 heavy (non-hydrogen) atoms. The van der Waals surface area contributed by atoms with Crippen LogP contribution in [0.1, 0.15) is 0 Å². The quantitative estimate of drug-likeness (QED) is 0.493. The molecule has 0 bridgehead atoms. The van der Waals surface area contributed by atoms with Gasteiger partial charge >= 0.3 is 0 Å². The standard InChI is InChI=1S/C10H5N5S2/c16-10-14-13-8-7-5-1-2-11-3-6(5)17-9(7)12-4-15(8)10/h1-4H,(H,14,16). The molecule has 4 aromatic heterocycles. The Morgan fingerprint density at radius 2 is 2.35 bits per heavy atom. The van der Waals surface area contributed by atoms with Gasteiger partial charge in [-0.3, -0.25) is 14.5 Å². The number of thiophene rings is 1. The second-order valence-electron chi connectivity index (χ2n) is 3.62. The lowest BCUT2D eigenvalue weighted by Crippen LogP contribution is -1.86. The van der Waals surface area contributed by atoms with Crippen LogP contribution in [0.25, 0.3) is 25.9 Å². The minimum absolute atomic E-state index is 0.558. The van der Waals surface area contributed by atoms with E-state index in [9.17, 15) is 0 Å². The first-order valence-corrected chi connectivity index (χ1v) is 6.15. The summed E-state index contributed by atoms with van der Waals surface area (Å²) in [5.74, 6) is 0. The molecule has 0 aliphatic heterocycles. The summed E-state index contributed by atoms with van der Waals surface area (Å²) in [4.78, 5) is 9.48. The molecule has 4 rings (SSSR count). The van der Waals surface area contributed by atoms with Crippen LogP contribution >= 0.6 is 23.6 Å².